The summed E-state index contributed by atoms with van der Waals surface area (Å²) in [6, 6.07) is -0.00428. The lowest BCUT2D eigenvalue weighted by Crippen LogP contribution is -2.42. The van der Waals surface area contributed by atoms with E-state index >= 15 is 0 Å². The number of nitrogens with one attached hydrogen (secondary N) is 1. The van der Waals surface area contributed by atoms with E-state index in [4.69, 9.17) is 0 Å². The number of urea groups is 1. The molecule has 2 amide bonds. The van der Waals surface area contributed by atoms with Crippen molar-refractivity contribution in [2.75, 3.05) is 19.6 Å². The van der Waals surface area contributed by atoms with Gasteiger partial charge in [0.2, 0.25) is 0 Å². The van der Waals surface area contributed by atoms with E-state index in [9.17, 15) is 4.79 Å². The van der Waals surface area contributed by atoms with E-state index < -0.39 is 0 Å². The van der Waals surface area contributed by atoms with Crippen molar-refractivity contribution in [2.45, 2.75) is 32.1 Å². The molecule has 3 heteroatoms. The molecule has 1 saturated carbocycles. The van der Waals surface area contributed by atoms with E-state index in [0.29, 0.717) is 19.0 Å². The van der Waals surface area contributed by atoms with Gasteiger partial charge in [0.1, 0.15) is 0 Å². The first kappa shape index (κ1) is 13.8. The first-order valence-corrected chi connectivity index (χ1v) is 6.52. The minimum Gasteiger partial charge on any atom is -0.338 e. The third kappa shape index (κ3) is 5.07. The van der Waals surface area contributed by atoms with Gasteiger partial charge in [-0.1, -0.05) is 31.4 Å². The molecule has 0 radical (unpaired) electrons. The highest BCUT2D eigenvalue weighted by Crippen LogP contribution is 2.22. The van der Waals surface area contributed by atoms with Gasteiger partial charge in [-0.3, -0.25) is 0 Å². The van der Waals surface area contributed by atoms with Crippen LogP contribution in [0.3, 0.4) is 0 Å². The zero-order chi connectivity index (χ0) is 12.5. The number of nitrogens with zero attached hydrogens (tertiary/aromatic N) is 1. The molecule has 1 fully saturated rings. The van der Waals surface area contributed by atoms with Crippen LogP contribution in [-0.2, 0) is 0 Å². The predicted octanol–water partition coefficient (Wildman–Crippen LogP) is 2.95. The Morgan fingerprint density at radius 2 is 1.76 bits per heavy atom. The van der Waals surface area contributed by atoms with Crippen molar-refractivity contribution in [2.24, 2.45) is 5.92 Å². The minimum absolute atomic E-state index is 0.00428. The van der Waals surface area contributed by atoms with Crippen LogP contribution in [0.1, 0.15) is 32.1 Å². The number of hydrogen-bond acceptors (Lipinski definition) is 1. The molecular formula is C14H24N2O. The predicted molar refractivity (Wildman–Crippen MR) is 71.9 cm³/mol. The number of rotatable bonds is 6. The summed E-state index contributed by atoms with van der Waals surface area (Å²) in [5.74, 6) is 0.669. The Kier molecular flexibility index (Phi) is 6.45. The van der Waals surface area contributed by atoms with E-state index in [2.05, 4.69) is 18.5 Å². The lowest BCUT2D eigenvalue weighted by atomic mass is 9.89. The number of hydrogen-bond donors (Lipinski definition) is 1. The fourth-order valence-corrected chi connectivity index (χ4v) is 2.29. The SMILES string of the molecule is C=CCN(CC=C)C(=O)NCC1CCCCC1. The number of carbonyl (C=O) groups excluding carboxylic acids is 1. The Hall–Kier alpha value is -1.25. The molecule has 0 unspecified atom stereocenters. The Morgan fingerprint density at radius 3 is 2.29 bits per heavy atom. The van der Waals surface area contributed by atoms with Crippen molar-refractivity contribution in [3.63, 3.8) is 0 Å². The molecule has 1 N–H and O–H groups in total. The van der Waals surface area contributed by atoms with Crippen LogP contribution in [0.2, 0.25) is 0 Å². The molecule has 1 rings (SSSR count). The highest BCUT2D eigenvalue weighted by atomic mass is 16.2. The van der Waals surface area contributed by atoms with Gasteiger partial charge in [0.05, 0.1) is 0 Å². The minimum atomic E-state index is -0.00428. The molecule has 0 atom stereocenters. The monoisotopic (exact) mass is 236 g/mol. The molecule has 0 aromatic heterocycles. The highest BCUT2D eigenvalue weighted by molar-refractivity contribution is 5.74. The van der Waals surface area contributed by atoms with Crippen LogP contribution >= 0.6 is 0 Å². The maximum atomic E-state index is 11.9. The first-order valence-electron chi connectivity index (χ1n) is 6.52. The van der Waals surface area contributed by atoms with Gasteiger partial charge in [-0.25, -0.2) is 4.79 Å². The van der Waals surface area contributed by atoms with Gasteiger partial charge in [0.15, 0.2) is 0 Å². The van der Waals surface area contributed by atoms with Gasteiger partial charge in [-0.15, -0.1) is 13.2 Å². The molecule has 0 aromatic rings. The molecule has 3 nitrogen and oxygen atoms in total. The van der Waals surface area contributed by atoms with Crippen molar-refractivity contribution in [1.82, 2.24) is 10.2 Å². The summed E-state index contributed by atoms with van der Waals surface area (Å²) in [6.45, 7) is 9.27. The third-order valence-corrected chi connectivity index (χ3v) is 3.25. The van der Waals surface area contributed by atoms with E-state index in [1.807, 2.05) is 0 Å². The fraction of sp³-hybridized carbons (Fsp3) is 0.643. The first-order chi connectivity index (χ1) is 8.27. The van der Waals surface area contributed by atoms with Crippen LogP contribution in [0.15, 0.2) is 25.3 Å². The standard InChI is InChI=1S/C14H24N2O/c1-3-10-16(11-4-2)14(17)15-12-13-8-6-5-7-9-13/h3-4,13H,1-2,5-12H2,(H,15,17). The second kappa shape index (κ2) is 7.93. The maximum absolute atomic E-state index is 11.9. The maximum Gasteiger partial charge on any atom is 0.317 e. The van der Waals surface area contributed by atoms with Gasteiger partial charge in [0, 0.05) is 19.6 Å². The summed E-state index contributed by atoms with van der Waals surface area (Å²) in [5, 5.41) is 3.01. The molecule has 0 aromatic carbocycles. The molecule has 0 bridgehead atoms. The normalized spacial score (nSPS) is 16.2. The van der Waals surface area contributed by atoms with E-state index in [1.165, 1.54) is 32.1 Å². The molecule has 0 saturated heterocycles. The van der Waals surface area contributed by atoms with Gasteiger partial charge in [-0.05, 0) is 18.8 Å². The van der Waals surface area contributed by atoms with Crippen molar-refractivity contribution < 1.29 is 4.79 Å². The summed E-state index contributed by atoms with van der Waals surface area (Å²) in [6.07, 6.45) is 9.95. The Labute approximate surface area is 105 Å². The third-order valence-electron chi connectivity index (χ3n) is 3.25. The topological polar surface area (TPSA) is 32.3 Å². The summed E-state index contributed by atoms with van der Waals surface area (Å²) in [5.41, 5.74) is 0. The smallest absolute Gasteiger partial charge is 0.317 e. The van der Waals surface area contributed by atoms with Crippen LogP contribution < -0.4 is 5.32 Å². The summed E-state index contributed by atoms with van der Waals surface area (Å²) >= 11 is 0. The van der Waals surface area contributed by atoms with Gasteiger partial charge in [0.25, 0.3) is 0 Å². The lowest BCUT2D eigenvalue weighted by molar-refractivity contribution is 0.204. The van der Waals surface area contributed by atoms with Crippen LogP contribution in [0.5, 0.6) is 0 Å². The fourth-order valence-electron chi connectivity index (χ4n) is 2.29. The van der Waals surface area contributed by atoms with E-state index in [0.717, 1.165) is 6.54 Å². The largest absolute Gasteiger partial charge is 0.338 e. The molecule has 96 valence electrons. The quantitative estimate of drug-likeness (QED) is 0.707. The number of carbonyl (C=O) groups is 1. The molecule has 0 heterocycles. The van der Waals surface area contributed by atoms with Crippen LogP contribution in [0.25, 0.3) is 0 Å². The molecule has 0 spiro atoms. The summed E-state index contributed by atoms with van der Waals surface area (Å²) in [4.78, 5) is 13.6. The molecule has 1 aliphatic rings. The summed E-state index contributed by atoms with van der Waals surface area (Å²) in [7, 11) is 0. The Bertz CT molecular complexity index is 247. The average molecular weight is 236 g/mol. The van der Waals surface area contributed by atoms with E-state index in [1.54, 1.807) is 17.1 Å². The zero-order valence-electron chi connectivity index (χ0n) is 10.7. The number of amides is 2. The molecule has 0 aliphatic heterocycles. The zero-order valence-corrected chi connectivity index (χ0v) is 10.7. The van der Waals surface area contributed by atoms with Crippen molar-refractivity contribution in [3.05, 3.63) is 25.3 Å². The average Bonchev–Trinajstić information content (AvgIpc) is 2.37. The molecule has 1 aliphatic carbocycles. The molecule has 17 heavy (non-hydrogen) atoms. The second-order valence-corrected chi connectivity index (χ2v) is 4.67. The van der Waals surface area contributed by atoms with E-state index in [-0.39, 0.29) is 6.03 Å². The van der Waals surface area contributed by atoms with Crippen molar-refractivity contribution >= 4 is 6.03 Å². The van der Waals surface area contributed by atoms with Crippen LogP contribution in [-0.4, -0.2) is 30.6 Å². The highest BCUT2D eigenvalue weighted by Gasteiger charge is 2.16. The van der Waals surface area contributed by atoms with Crippen LogP contribution in [0, 0.1) is 5.92 Å². The van der Waals surface area contributed by atoms with Gasteiger partial charge in [-0.2, -0.15) is 0 Å². The van der Waals surface area contributed by atoms with Crippen molar-refractivity contribution in [1.29, 1.82) is 0 Å². The van der Waals surface area contributed by atoms with Gasteiger partial charge >= 0.3 is 6.03 Å². The summed E-state index contributed by atoms with van der Waals surface area (Å²) < 4.78 is 0. The second-order valence-electron chi connectivity index (χ2n) is 4.67. The molecular weight excluding hydrogens is 212 g/mol. The Morgan fingerprint density at radius 1 is 1.18 bits per heavy atom. The van der Waals surface area contributed by atoms with Gasteiger partial charge < -0.3 is 10.2 Å². The van der Waals surface area contributed by atoms with Crippen LogP contribution in [0.4, 0.5) is 4.79 Å². The Balaban J connectivity index is 2.29. The van der Waals surface area contributed by atoms with Crippen molar-refractivity contribution in [3.8, 4) is 0 Å². The lowest BCUT2D eigenvalue weighted by Gasteiger charge is -2.24.